The van der Waals surface area contributed by atoms with Crippen LogP contribution in [0.15, 0.2) is 24.3 Å². The average Bonchev–Trinajstić information content (AvgIpc) is 2.92. The number of hydrogen-bond acceptors (Lipinski definition) is 0. The zero-order chi connectivity index (χ0) is 26.4. The molecule has 0 atom stereocenters. The average molecular weight is 517 g/mol. The largest absolute Gasteiger partial charge is 0.203 e. The van der Waals surface area contributed by atoms with E-state index in [9.17, 15) is 13.2 Å². The maximum atomic E-state index is 15.0. The highest BCUT2D eigenvalue weighted by molar-refractivity contribution is 5.31. The molecule has 2 fully saturated rings. The molecule has 4 rings (SSSR count). The summed E-state index contributed by atoms with van der Waals surface area (Å²) in [6.45, 7) is 4.25. The molecule has 0 saturated heterocycles. The highest BCUT2D eigenvalue weighted by Crippen LogP contribution is 2.41. The van der Waals surface area contributed by atoms with Crippen LogP contribution >= 0.6 is 0 Å². The Balaban J connectivity index is 1.29. The summed E-state index contributed by atoms with van der Waals surface area (Å²) in [5.41, 5.74) is 2.01. The Hall–Kier alpha value is -1.84. The van der Waals surface area contributed by atoms with Gasteiger partial charge in [0.1, 0.15) is 0 Å². The van der Waals surface area contributed by atoms with E-state index in [0.717, 1.165) is 76.5 Å². The number of aryl methyl sites for hydroxylation is 2. The molecule has 2 aromatic carbocycles. The van der Waals surface area contributed by atoms with Crippen molar-refractivity contribution in [3.63, 3.8) is 0 Å². The van der Waals surface area contributed by atoms with E-state index in [1.54, 1.807) is 18.2 Å². The van der Waals surface area contributed by atoms with Crippen molar-refractivity contribution in [3.05, 3.63) is 69.8 Å². The van der Waals surface area contributed by atoms with E-state index < -0.39 is 23.3 Å². The molecule has 0 N–H and O–H groups in total. The minimum Gasteiger partial charge on any atom is -0.203 e. The quantitative estimate of drug-likeness (QED) is 0.276. The first-order valence-corrected chi connectivity index (χ1v) is 14.9. The maximum Gasteiger partial charge on any atom is 0.162 e. The van der Waals surface area contributed by atoms with Gasteiger partial charge in [0.25, 0.3) is 0 Å². The van der Waals surface area contributed by atoms with E-state index in [1.165, 1.54) is 12.8 Å². The molecule has 0 radical (unpaired) electrons. The van der Waals surface area contributed by atoms with Gasteiger partial charge >= 0.3 is 0 Å². The molecule has 0 nitrogen and oxygen atoms in total. The molecular weight excluding hydrogens is 472 g/mol. The van der Waals surface area contributed by atoms with Crippen LogP contribution in [0.1, 0.15) is 131 Å². The van der Waals surface area contributed by atoms with Gasteiger partial charge in [-0.25, -0.2) is 17.6 Å². The molecule has 2 aliphatic carbocycles. The lowest BCUT2D eigenvalue weighted by atomic mass is 9.76. The summed E-state index contributed by atoms with van der Waals surface area (Å²) in [6.07, 6.45) is 13.7. The Morgan fingerprint density at radius 2 is 1.00 bits per heavy atom. The van der Waals surface area contributed by atoms with Crippen LogP contribution in [0.4, 0.5) is 17.6 Å². The third-order valence-electron chi connectivity index (χ3n) is 9.28. The van der Waals surface area contributed by atoms with Gasteiger partial charge in [-0.1, -0.05) is 57.4 Å². The van der Waals surface area contributed by atoms with Crippen LogP contribution in [-0.4, -0.2) is 0 Å². The molecule has 2 aromatic rings. The van der Waals surface area contributed by atoms with Gasteiger partial charge in [-0.15, -0.1) is 0 Å². The first-order chi connectivity index (χ1) is 17.9. The Morgan fingerprint density at radius 3 is 1.46 bits per heavy atom. The Bertz CT molecular complexity index is 1010. The zero-order valence-corrected chi connectivity index (χ0v) is 22.7. The number of rotatable bonds is 10. The Kier molecular flexibility index (Phi) is 10.1. The van der Waals surface area contributed by atoms with Crippen LogP contribution in [0, 0.1) is 35.1 Å². The van der Waals surface area contributed by atoms with E-state index in [1.807, 2.05) is 13.0 Å². The van der Waals surface area contributed by atoms with Crippen molar-refractivity contribution in [1.82, 2.24) is 0 Å². The van der Waals surface area contributed by atoms with Gasteiger partial charge in [0.2, 0.25) is 0 Å². The topological polar surface area (TPSA) is 0 Å². The van der Waals surface area contributed by atoms with Crippen molar-refractivity contribution in [3.8, 4) is 0 Å². The Labute approximate surface area is 221 Å². The van der Waals surface area contributed by atoms with Gasteiger partial charge in [0.05, 0.1) is 0 Å². The standard InChI is InChI=1S/C33H44F4/c1-3-5-7-26-18-20-28(32(36)30(26)34)25-15-10-23(11-16-25)12-17-27-19-21-29(33(37)31(27)35)24-13-8-22(6-4-2)9-14-24/h18-25H,3-17H2,1-2H3. The van der Waals surface area contributed by atoms with Crippen LogP contribution in [0.5, 0.6) is 0 Å². The molecule has 0 heterocycles. The fourth-order valence-electron chi connectivity index (χ4n) is 6.88. The van der Waals surface area contributed by atoms with E-state index in [0.29, 0.717) is 41.0 Å². The van der Waals surface area contributed by atoms with Crippen LogP contribution in [0.3, 0.4) is 0 Å². The summed E-state index contributed by atoms with van der Waals surface area (Å²) in [5.74, 6) is -1.34. The first-order valence-electron chi connectivity index (χ1n) is 14.9. The van der Waals surface area contributed by atoms with Crippen molar-refractivity contribution in [2.75, 3.05) is 0 Å². The van der Waals surface area contributed by atoms with E-state index in [4.69, 9.17) is 0 Å². The molecule has 2 saturated carbocycles. The molecule has 0 aliphatic heterocycles. The van der Waals surface area contributed by atoms with Crippen LogP contribution < -0.4 is 0 Å². The first kappa shape index (κ1) is 28.2. The van der Waals surface area contributed by atoms with Crippen LogP contribution in [0.25, 0.3) is 0 Å². The molecule has 0 aromatic heterocycles. The van der Waals surface area contributed by atoms with Gasteiger partial charge in [-0.05, 0) is 123 Å². The van der Waals surface area contributed by atoms with Gasteiger partial charge in [0, 0.05) is 0 Å². The zero-order valence-electron chi connectivity index (χ0n) is 22.7. The summed E-state index contributed by atoms with van der Waals surface area (Å²) < 4.78 is 59.4. The van der Waals surface area contributed by atoms with Crippen LogP contribution in [-0.2, 0) is 12.8 Å². The molecule has 0 bridgehead atoms. The summed E-state index contributed by atoms with van der Waals surface area (Å²) >= 11 is 0. The lowest BCUT2D eigenvalue weighted by Crippen LogP contribution is -2.17. The number of halogens is 4. The van der Waals surface area contributed by atoms with Crippen molar-refractivity contribution in [1.29, 1.82) is 0 Å². The molecule has 0 unspecified atom stereocenters. The minimum atomic E-state index is -0.678. The highest BCUT2D eigenvalue weighted by atomic mass is 19.2. The molecule has 0 spiro atoms. The SMILES string of the molecule is CCCCc1ccc(C2CCC(CCc3ccc(C4CCC(CCC)CC4)c(F)c3F)CC2)c(F)c1F. The van der Waals surface area contributed by atoms with Crippen molar-refractivity contribution < 1.29 is 17.6 Å². The summed E-state index contributed by atoms with van der Waals surface area (Å²) in [5, 5.41) is 0. The molecule has 4 heteroatoms. The van der Waals surface area contributed by atoms with Crippen molar-refractivity contribution in [2.45, 2.75) is 122 Å². The highest BCUT2D eigenvalue weighted by Gasteiger charge is 2.28. The smallest absolute Gasteiger partial charge is 0.162 e. The maximum absolute atomic E-state index is 15.0. The molecular formula is C33H44F4. The van der Waals surface area contributed by atoms with Gasteiger partial charge in [0.15, 0.2) is 23.3 Å². The van der Waals surface area contributed by atoms with Crippen molar-refractivity contribution >= 4 is 0 Å². The molecule has 2 aliphatic rings. The monoisotopic (exact) mass is 516 g/mol. The van der Waals surface area contributed by atoms with Gasteiger partial charge < -0.3 is 0 Å². The van der Waals surface area contributed by atoms with Crippen LogP contribution in [0.2, 0.25) is 0 Å². The lowest BCUT2D eigenvalue weighted by molar-refractivity contribution is 0.300. The second-order valence-electron chi connectivity index (χ2n) is 11.7. The molecule has 0 amide bonds. The predicted octanol–water partition coefficient (Wildman–Crippen LogP) is 10.6. The number of unbranched alkanes of at least 4 members (excludes halogenated alkanes) is 1. The fourth-order valence-corrected chi connectivity index (χ4v) is 6.88. The van der Waals surface area contributed by atoms with E-state index in [2.05, 4.69) is 6.92 Å². The van der Waals surface area contributed by atoms with Crippen molar-refractivity contribution in [2.24, 2.45) is 11.8 Å². The number of hydrogen-bond donors (Lipinski definition) is 0. The third kappa shape index (κ3) is 6.79. The Morgan fingerprint density at radius 1 is 0.541 bits per heavy atom. The summed E-state index contributed by atoms with van der Waals surface area (Å²) in [6, 6.07) is 7.17. The lowest BCUT2D eigenvalue weighted by Gasteiger charge is -2.30. The molecule has 204 valence electrons. The summed E-state index contributed by atoms with van der Waals surface area (Å²) in [7, 11) is 0. The minimum absolute atomic E-state index is 0.0341. The number of benzene rings is 2. The van der Waals surface area contributed by atoms with E-state index in [-0.39, 0.29) is 11.8 Å². The second-order valence-corrected chi connectivity index (χ2v) is 11.7. The second kappa shape index (κ2) is 13.3. The van der Waals surface area contributed by atoms with Gasteiger partial charge in [-0.3, -0.25) is 0 Å². The summed E-state index contributed by atoms with van der Waals surface area (Å²) in [4.78, 5) is 0. The van der Waals surface area contributed by atoms with E-state index >= 15 is 4.39 Å². The van der Waals surface area contributed by atoms with Gasteiger partial charge in [-0.2, -0.15) is 0 Å². The predicted molar refractivity (Wildman–Crippen MR) is 144 cm³/mol. The normalized spacial score (nSPS) is 24.4. The third-order valence-corrected chi connectivity index (χ3v) is 9.28. The fraction of sp³-hybridized carbons (Fsp3) is 0.636. The molecule has 37 heavy (non-hydrogen) atoms.